The molecule has 0 bridgehead atoms. The van der Waals surface area contributed by atoms with E-state index >= 15 is 0 Å². The predicted molar refractivity (Wildman–Crippen MR) is 148 cm³/mol. The van der Waals surface area contributed by atoms with Crippen LogP contribution in [0.4, 0.5) is 4.39 Å². The molecular formula is C30H36FNO12. The molecule has 3 aliphatic rings. The van der Waals surface area contributed by atoms with Gasteiger partial charge in [0.15, 0.2) is 11.5 Å². The molecule has 1 amide bonds. The van der Waals surface area contributed by atoms with Crippen molar-refractivity contribution in [3.05, 3.63) is 65.0 Å². The van der Waals surface area contributed by atoms with E-state index in [4.69, 9.17) is 23.7 Å². The summed E-state index contributed by atoms with van der Waals surface area (Å²) in [5, 5.41) is 65.5. The van der Waals surface area contributed by atoms with Crippen molar-refractivity contribution in [2.45, 2.75) is 87.7 Å². The molecule has 2 aromatic rings. The summed E-state index contributed by atoms with van der Waals surface area (Å²) < 4.78 is 41.0. The highest BCUT2D eigenvalue weighted by Crippen LogP contribution is 2.34. The average Bonchev–Trinajstić information content (AvgIpc) is 3.60. The molecule has 3 fully saturated rings. The number of nitrogens with one attached hydrogen (secondary N) is 1. The van der Waals surface area contributed by atoms with Gasteiger partial charge in [0.2, 0.25) is 12.2 Å². The lowest BCUT2D eigenvalue weighted by Gasteiger charge is -2.41. The average molecular weight is 622 g/mol. The Bertz CT molecular complexity index is 1360. The molecule has 13 nitrogen and oxygen atoms in total. The summed E-state index contributed by atoms with van der Waals surface area (Å²) in [6.07, 6.45) is -10.4. The molecule has 2 heterocycles. The van der Waals surface area contributed by atoms with Gasteiger partial charge in [-0.3, -0.25) is 4.79 Å². The lowest BCUT2D eigenvalue weighted by atomic mass is 9.83. The molecule has 1 aliphatic carbocycles. The number of phenolic OH excluding ortho intramolecular Hbond substituents is 1. The minimum atomic E-state index is -1.50. The summed E-state index contributed by atoms with van der Waals surface area (Å²) in [6, 6.07) is 8.85. The third-order valence-electron chi connectivity index (χ3n) is 7.99. The molecule has 44 heavy (non-hydrogen) atoms. The molecule has 2 saturated heterocycles. The lowest BCUT2D eigenvalue weighted by molar-refractivity contribution is -0.155. The van der Waals surface area contributed by atoms with Crippen LogP contribution in [0.2, 0.25) is 0 Å². The minimum Gasteiger partial charge on any atom is -0.504 e. The fourth-order valence-corrected chi connectivity index (χ4v) is 5.49. The predicted octanol–water partition coefficient (Wildman–Crippen LogP) is -0.312. The van der Waals surface area contributed by atoms with Gasteiger partial charge >= 0.3 is 0 Å². The highest BCUT2D eigenvalue weighted by Gasteiger charge is 2.53. The molecule has 240 valence electrons. The molecule has 2 aromatic carbocycles. The van der Waals surface area contributed by atoms with E-state index in [1.54, 1.807) is 19.1 Å². The molecule has 11 atom stereocenters. The molecule has 0 spiro atoms. The number of aliphatic hydroxyl groups excluding tert-OH is 5. The van der Waals surface area contributed by atoms with Crippen molar-refractivity contribution in [3.8, 4) is 11.5 Å². The quantitative estimate of drug-likeness (QED) is 0.181. The van der Waals surface area contributed by atoms with Crippen molar-refractivity contribution in [3.63, 3.8) is 0 Å². The van der Waals surface area contributed by atoms with Gasteiger partial charge in [-0.2, -0.15) is 0 Å². The summed E-state index contributed by atoms with van der Waals surface area (Å²) in [6.45, 7) is 3.01. The highest BCUT2D eigenvalue weighted by atomic mass is 19.1. The van der Waals surface area contributed by atoms with Gasteiger partial charge in [0.1, 0.15) is 61.4 Å². The second-order valence-corrected chi connectivity index (χ2v) is 11.1. The Morgan fingerprint density at radius 1 is 1.02 bits per heavy atom. The third kappa shape index (κ3) is 6.73. The largest absolute Gasteiger partial charge is 0.504 e. The maximum Gasteiger partial charge on any atom is 0.247 e. The molecule has 7 N–H and O–H groups in total. The molecular weight excluding hydrogens is 585 g/mol. The van der Waals surface area contributed by atoms with Gasteiger partial charge in [0.25, 0.3) is 0 Å². The molecule has 5 rings (SSSR count). The number of ether oxygens (including phenoxy) is 5. The third-order valence-corrected chi connectivity index (χ3v) is 7.99. The Labute approximate surface area is 252 Å². The van der Waals surface area contributed by atoms with Crippen LogP contribution < -0.4 is 10.1 Å². The first-order valence-corrected chi connectivity index (χ1v) is 14.1. The molecule has 2 unspecified atom stereocenters. The number of phenols is 1. The summed E-state index contributed by atoms with van der Waals surface area (Å²) >= 11 is 0. The lowest BCUT2D eigenvalue weighted by Crippen LogP contribution is -2.67. The van der Waals surface area contributed by atoms with Crippen LogP contribution in [-0.4, -0.2) is 111 Å². The molecule has 14 heteroatoms. The standard InChI is InChI=1S/C30H36FNO12/c1-13(29(39)32-20-21(34)23(36)28-27(22(20)35)41-12-42-28)8-15-6-7-19(18(33)10-15)43-30-25(38)24(37)26(44-30)14(2)40-11-16-4-3-5-17(31)9-16/h3-10,14,20-28,30,33-38H,11-12H2,1-2H3,(H,32,39)/b13-8-/t14?,20-,21+,22-,23-,24+,25+,26?,27+,28-,30-/m1/s1. The van der Waals surface area contributed by atoms with Crippen LogP contribution >= 0.6 is 0 Å². The van der Waals surface area contributed by atoms with Gasteiger partial charge in [-0.25, -0.2) is 4.39 Å². The minimum absolute atomic E-state index is 0.0501. The first-order valence-electron chi connectivity index (χ1n) is 14.1. The number of amides is 1. The fourth-order valence-electron chi connectivity index (χ4n) is 5.49. The second-order valence-electron chi connectivity index (χ2n) is 11.1. The maximum atomic E-state index is 13.4. The van der Waals surface area contributed by atoms with Crippen LogP contribution in [0.15, 0.2) is 48.0 Å². The van der Waals surface area contributed by atoms with E-state index in [1.807, 2.05) is 0 Å². The van der Waals surface area contributed by atoms with E-state index in [-0.39, 0.29) is 30.5 Å². The number of carbonyl (C=O) groups excluding carboxylic acids is 1. The summed E-state index contributed by atoms with van der Waals surface area (Å²) in [5.41, 5.74) is 1.13. The van der Waals surface area contributed by atoms with Gasteiger partial charge in [0, 0.05) is 5.57 Å². The summed E-state index contributed by atoms with van der Waals surface area (Å²) in [7, 11) is 0. The number of halogens is 1. The van der Waals surface area contributed by atoms with Crippen molar-refractivity contribution in [1.29, 1.82) is 0 Å². The fraction of sp³-hybridized carbons (Fsp3) is 0.500. The van der Waals surface area contributed by atoms with Crippen LogP contribution in [0.3, 0.4) is 0 Å². The Morgan fingerprint density at radius 2 is 1.75 bits per heavy atom. The number of hydrogen-bond acceptors (Lipinski definition) is 12. The van der Waals surface area contributed by atoms with E-state index in [2.05, 4.69) is 5.32 Å². The van der Waals surface area contributed by atoms with Crippen LogP contribution in [0.25, 0.3) is 6.08 Å². The summed E-state index contributed by atoms with van der Waals surface area (Å²) in [5.74, 6) is -1.46. The van der Waals surface area contributed by atoms with Gasteiger partial charge in [-0.05, 0) is 55.3 Å². The maximum absolute atomic E-state index is 13.4. The normalized spacial score (nSPS) is 34.4. The molecule has 1 saturated carbocycles. The van der Waals surface area contributed by atoms with Crippen LogP contribution in [-0.2, 0) is 30.3 Å². The van der Waals surface area contributed by atoms with E-state index < -0.39 is 79.0 Å². The zero-order chi connectivity index (χ0) is 31.7. The van der Waals surface area contributed by atoms with Gasteiger partial charge < -0.3 is 59.6 Å². The number of fused-ring (bicyclic) bond motifs is 1. The van der Waals surface area contributed by atoms with Crippen LogP contribution in [0.1, 0.15) is 25.0 Å². The number of aliphatic hydroxyl groups is 5. The Kier molecular flexibility index (Phi) is 9.84. The van der Waals surface area contributed by atoms with Gasteiger partial charge in [0.05, 0.1) is 18.8 Å². The van der Waals surface area contributed by atoms with E-state index in [9.17, 15) is 39.8 Å². The number of rotatable bonds is 9. The number of hydrogen-bond donors (Lipinski definition) is 7. The molecule has 0 radical (unpaired) electrons. The van der Waals surface area contributed by atoms with Crippen LogP contribution in [0.5, 0.6) is 11.5 Å². The molecule has 2 aliphatic heterocycles. The highest BCUT2D eigenvalue weighted by molar-refractivity contribution is 5.97. The Hall–Kier alpha value is -3.18. The van der Waals surface area contributed by atoms with Gasteiger partial charge in [-0.1, -0.05) is 18.2 Å². The smallest absolute Gasteiger partial charge is 0.247 e. The monoisotopic (exact) mass is 621 g/mol. The first kappa shape index (κ1) is 32.2. The number of carbonyl (C=O) groups is 1. The number of benzene rings is 2. The SMILES string of the molecule is C/C(=C/c1ccc(O[C@@H]2OC(C(C)OCc3cccc(F)c3)[C@@H](O)[C@@H]2O)c(O)c1)C(=O)N[C@@H]1[C@H](O)[C@@H](O)[C@H]2OCO[C@H]2[C@@H]1O. The van der Waals surface area contributed by atoms with Crippen molar-refractivity contribution in [2.75, 3.05) is 6.79 Å². The molecule has 0 aromatic heterocycles. The van der Waals surface area contributed by atoms with Crippen LogP contribution in [0, 0.1) is 5.82 Å². The van der Waals surface area contributed by atoms with Crippen molar-refractivity contribution in [2.24, 2.45) is 0 Å². The van der Waals surface area contributed by atoms with Gasteiger partial charge in [-0.15, -0.1) is 0 Å². The van der Waals surface area contributed by atoms with Crippen molar-refractivity contribution in [1.82, 2.24) is 5.32 Å². The topological polar surface area (TPSA) is 197 Å². The van der Waals surface area contributed by atoms with Crippen molar-refractivity contribution >= 4 is 12.0 Å². The zero-order valence-electron chi connectivity index (χ0n) is 23.9. The Morgan fingerprint density at radius 3 is 2.45 bits per heavy atom. The first-order chi connectivity index (χ1) is 20.9. The van der Waals surface area contributed by atoms with Crippen molar-refractivity contribution < 1.29 is 63.5 Å². The Balaban J connectivity index is 1.18. The summed E-state index contributed by atoms with van der Waals surface area (Å²) in [4.78, 5) is 12.8. The van der Waals surface area contributed by atoms with E-state index in [0.717, 1.165) is 0 Å². The number of aromatic hydroxyl groups is 1. The van der Waals surface area contributed by atoms with E-state index in [1.165, 1.54) is 43.3 Å². The van der Waals surface area contributed by atoms with E-state index in [0.29, 0.717) is 11.1 Å². The zero-order valence-corrected chi connectivity index (χ0v) is 23.9. The second kappa shape index (κ2) is 13.4.